The summed E-state index contributed by atoms with van der Waals surface area (Å²) in [7, 11) is 0. The molecule has 0 saturated carbocycles. The van der Waals surface area contributed by atoms with Gasteiger partial charge in [-0.05, 0) is 38.3 Å². The number of aliphatic hydroxyl groups excluding tert-OH is 1. The van der Waals surface area contributed by atoms with Gasteiger partial charge in [0.05, 0.1) is 12.6 Å². The van der Waals surface area contributed by atoms with Gasteiger partial charge in [0.2, 0.25) is 29.5 Å². The van der Waals surface area contributed by atoms with Crippen LogP contribution in [0, 0.1) is 0 Å². The van der Waals surface area contributed by atoms with Crippen LogP contribution in [0.3, 0.4) is 0 Å². The molecule has 2 rings (SSSR count). The van der Waals surface area contributed by atoms with Crippen molar-refractivity contribution in [3.63, 3.8) is 0 Å². The molecule has 1 fully saturated rings. The summed E-state index contributed by atoms with van der Waals surface area (Å²) in [4.78, 5) is 73.7. The normalized spacial score (nSPS) is 17.6. The molecule has 214 valence electrons. The second-order valence-electron chi connectivity index (χ2n) is 9.28. The Morgan fingerprint density at radius 3 is 2.13 bits per heavy atom. The first-order valence-corrected chi connectivity index (χ1v) is 12.6. The summed E-state index contributed by atoms with van der Waals surface area (Å²) in [5, 5.41) is 31.8. The molecule has 1 aromatic carbocycles. The van der Waals surface area contributed by atoms with E-state index >= 15 is 0 Å². The molecule has 1 heterocycles. The third-order valence-electron chi connectivity index (χ3n) is 6.15. The van der Waals surface area contributed by atoms with Crippen LogP contribution in [0.1, 0.15) is 38.2 Å². The van der Waals surface area contributed by atoms with E-state index in [4.69, 9.17) is 5.73 Å². The van der Waals surface area contributed by atoms with Gasteiger partial charge in [0.1, 0.15) is 24.2 Å². The first-order chi connectivity index (χ1) is 18.5. The highest BCUT2D eigenvalue weighted by atomic mass is 16.4. The Labute approximate surface area is 225 Å². The lowest BCUT2D eigenvalue weighted by Crippen LogP contribution is -2.59. The minimum Gasteiger partial charge on any atom is -0.480 e. The van der Waals surface area contributed by atoms with Gasteiger partial charge in [-0.1, -0.05) is 30.3 Å². The number of rotatable bonds is 15. The van der Waals surface area contributed by atoms with Crippen LogP contribution in [0.15, 0.2) is 30.3 Å². The molecular formula is C25H36N6O8. The largest absolute Gasteiger partial charge is 0.480 e. The van der Waals surface area contributed by atoms with Crippen LogP contribution in [0.2, 0.25) is 0 Å². The maximum Gasteiger partial charge on any atom is 0.326 e. The molecule has 0 bridgehead atoms. The third kappa shape index (κ3) is 10.3. The quantitative estimate of drug-likeness (QED) is 0.114. The lowest BCUT2D eigenvalue weighted by Gasteiger charge is -2.24. The zero-order valence-electron chi connectivity index (χ0n) is 21.6. The molecule has 1 aliphatic rings. The van der Waals surface area contributed by atoms with Gasteiger partial charge in [0.15, 0.2) is 0 Å². The number of nitrogens with one attached hydrogen (secondary N) is 5. The van der Waals surface area contributed by atoms with E-state index in [0.29, 0.717) is 18.5 Å². The van der Waals surface area contributed by atoms with E-state index in [1.807, 2.05) is 0 Å². The standard InChI is InChI=1S/C25H36N6O8/c1-14(28-22(35)16-8-5-11-27-16)21(34)31-19(13-32)24(37)29-17(9-10-20(26)33)23(36)30-18(25(38)39)12-15-6-3-2-4-7-15/h2-4,6-7,14,16-19,27,32H,5,8-13H2,1H3,(H2,26,33)(H,28,35)(H,29,37)(H,30,36)(H,31,34)(H,38,39)/t14-,16-,17-,18-,19-/m0/s1. The summed E-state index contributed by atoms with van der Waals surface area (Å²) in [5.41, 5.74) is 5.83. The van der Waals surface area contributed by atoms with Crippen LogP contribution in [-0.2, 0) is 35.2 Å². The second kappa shape index (κ2) is 15.4. The zero-order chi connectivity index (χ0) is 28.9. The summed E-state index contributed by atoms with van der Waals surface area (Å²) in [6.45, 7) is 1.27. The van der Waals surface area contributed by atoms with Crippen molar-refractivity contribution in [2.24, 2.45) is 5.73 Å². The molecule has 9 N–H and O–H groups in total. The van der Waals surface area contributed by atoms with Gasteiger partial charge in [-0.3, -0.25) is 24.0 Å². The lowest BCUT2D eigenvalue weighted by molar-refractivity contribution is -0.142. The minimum atomic E-state index is -1.50. The van der Waals surface area contributed by atoms with Gasteiger partial charge in [0.25, 0.3) is 0 Å². The topological polar surface area (TPSA) is 229 Å². The van der Waals surface area contributed by atoms with Crippen molar-refractivity contribution < 1.29 is 39.0 Å². The molecule has 0 aromatic heterocycles. The molecule has 0 aliphatic carbocycles. The summed E-state index contributed by atoms with van der Waals surface area (Å²) in [5.74, 6) is -5.03. The summed E-state index contributed by atoms with van der Waals surface area (Å²) in [6, 6.07) is 2.91. The van der Waals surface area contributed by atoms with Gasteiger partial charge in [-0.2, -0.15) is 0 Å². The van der Waals surface area contributed by atoms with Crippen LogP contribution in [0.4, 0.5) is 0 Å². The number of hydrogen-bond acceptors (Lipinski definition) is 8. The molecule has 39 heavy (non-hydrogen) atoms. The Hall–Kier alpha value is -4.04. The first kappa shape index (κ1) is 31.2. The maximum atomic E-state index is 12.9. The van der Waals surface area contributed by atoms with Crippen LogP contribution < -0.4 is 32.3 Å². The van der Waals surface area contributed by atoms with Crippen LogP contribution >= 0.6 is 0 Å². The summed E-state index contributed by atoms with van der Waals surface area (Å²) < 4.78 is 0. The monoisotopic (exact) mass is 548 g/mol. The molecule has 0 spiro atoms. The molecule has 0 radical (unpaired) electrons. The Balaban J connectivity index is 2.03. The number of primary amides is 1. The van der Waals surface area contributed by atoms with Gasteiger partial charge < -0.3 is 42.5 Å². The van der Waals surface area contributed by atoms with Gasteiger partial charge in [-0.25, -0.2) is 4.79 Å². The number of aliphatic carboxylic acids is 1. The van der Waals surface area contributed by atoms with Gasteiger partial charge in [-0.15, -0.1) is 0 Å². The van der Waals surface area contributed by atoms with Crippen molar-refractivity contribution >= 4 is 35.5 Å². The maximum absolute atomic E-state index is 12.9. The van der Waals surface area contributed by atoms with Crippen molar-refractivity contribution in [2.45, 2.75) is 69.2 Å². The molecule has 1 saturated heterocycles. The Morgan fingerprint density at radius 2 is 1.56 bits per heavy atom. The number of amides is 5. The number of carbonyl (C=O) groups excluding carboxylic acids is 5. The van der Waals surface area contributed by atoms with E-state index in [0.717, 1.165) is 6.42 Å². The zero-order valence-corrected chi connectivity index (χ0v) is 21.6. The van der Waals surface area contributed by atoms with E-state index in [2.05, 4.69) is 26.6 Å². The Kier molecular flexibility index (Phi) is 12.3. The molecule has 5 amide bonds. The van der Waals surface area contributed by atoms with Gasteiger partial charge in [0, 0.05) is 12.8 Å². The summed E-state index contributed by atoms with van der Waals surface area (Å²) in [6.07, 6.45) is 0.870. The molecule has 1 aliphatic heterocycles. The Bertz CT molecular complexity index is 1030. The van der Waals surface area contributed by atoms with Crippen molar-refractivity contribution in [3.8, 4) is 0 Å². The van der Waals surface area contributed by atoms with E-state index in [-0.39, 0.29) is 25.2 Å². The number of nitrogens with two attached hydrogens (primary N) is 1. The van der Waals surface area contributed by atoms with E-state index in [9.17, 15) is 39.0 Å². The van der Waals surface area contributed by atoms with E-state index < -0.39 is 66.4 Å². The van der Waals surface area contributed by atoms with Gasteiger partial charge >= 0.3 is 5.97 Å². The average molecular weight is 549 g/mol. The average Bonchev–Trinajstić information content (AvgIpc) is 3.44. The lowest BCUT2D eigenvalue weighted by atomic mass is 10.0. The molecule has 14 nitrogen and oxygen atoms in total. The summed E-state index contributed by atoms with van der Waals surface area (Å²) >= 11 is 0. The van der Waals surface area contributed by atoms with E-state index in [1.165, 1.54) is 6.92 Å². The molecule has 5 atom stereocenters. The number of hydrogen-bond donors (Lipinski definition) is 8. The predicted octanol–water partition coefficient (Wildman–Crippen LogP) is -2.72. The smallest absolute Gasteiger partial charge is 0.326 e. The van der Waals surface area contributed by atoms with Crippen molar-refractivity contribution in [3.05, 3.63) is 35.9 Å². The van der Waals surface area contributed by atoms with Crippen molar-refractivity contribution in [1.29, 1.82) is 0 Å². The third-order valence-corrected chi connectivity index (χ3v) is 6.15. The van der Waals surface area contributed by atoms with Crippen LogP contribution in [0.5, 0.6) is 0 Å². The fourth-order valence-corrected chi connectivity index (χ4v) is 3.93. The molecule has 0 unspecified atom stereocenters. The fraction of sp³-hybridized carbons (Fsp3) is 0.520. The predicted molar refractivity (Wildman–Crippen MR) is 138 cm³/mol. The number of carbonyl (C=O) groups is 6. The highest BCUT2D eigenvalue weighted by Crippen LogP contribution is 2.07. The van der Waals surface area contributed by atoms with Crippen LogP contribution in [0.25, 0.3) is 0 Å². The van der Waals surface area contributed by atoms with Crippen molar-refractivity contribution in [2.75, 3.05) is 13.2 Å². The number of carboxylic acid groups (broad SMARTS) is 1. The second-order valence-corrected chi connectivity index (χ2v) is 9.28. The minimum absolute atomic E-state index is 0.0340. The first-order valence-electron chi connectivity index (χ1n) is 12.6. The Morgan fingerprint density at radius 1 is 0.949 bits per heavy atom. The van der Waals surface area contributed by atoms with Crippen molar-refractivity contribution in [1.82, 2.24) is 26.6 Å². The molecule has 14 heteroatoms. The molecular weight excluding hydrogens is 512 g/mol. The SMILES string of the molecule is C[C@H](NC(=O)[C@@H]1CCCN1)C(=O)N[C@@H](CO)C(=O)N[C@@H](CCC(N)=O)C(=O)N[C@@H](Cc1ccccc1)C(=O)O. The fourth-order valence-electron chi connectivity index (χ4n) is 3.93. The molecule has 1 aromatic rings. The number of benzene rings is 1. The highest BCUT2D eigenvalue weighted by molar-refractivity contribution is 5.95. The number of aliphatic hydroxyl groups is 1. The highest BCUT2D eigenvalue weighted by Gasteiger charge is 2.31. The number of carboxylic acids is 1. The van der Waals surface area contributed by atoms with E-state index in [1.54, 1.807) is 30.3 Å². The van der Waals surface area contributed by atoms with Crippen LogP contribution in [-0.4, -0.2) is 89.1 Å².